The Morgan fingerprint density at radius 2 is 0.313 bits per heavy atom. The monoisotopic (exact) mass is 1720 g/mol. The number of benzene rings is 22. The molecule has 22 aromatic carbocycles. The summed E-state index contributed by atoms with van der Waals surface area (Å²) in [6, 6.07) is 219. The standard InChI is InChI=1S/C26H22.C25H18.C19H16.C13H12.C12H10.3C10H8.C6H6.C3H8/c1-5-13-21(14-6-1)25(22-15-7-2-8-16-22)26(23-17-9-3-10-18-23)24-19-11-4-12-20-24;1-3-11-19(12-4-1)25(20-13-5-2-6-14-20)23-17-9-7-15-21(23)22-16-8-10-18-24(22)25;1-4-10-16(11-5-1)19(17-12-6-2-7-13-17)18-14-8-3-9-15-18;1-3-7-12(8-4-1)11-13-9-5-2-6-10-13;1-3-7-11(8-4-1)12-9-5-2-6-10-12;3*1-2-6-10-8-4-3-7-9(10)5-1;1-2-4-6-5-3-1;1-3-2/h1-20,25-26H;1-18H;1-15,19H;1-10H,11H2;1-10H;3*1-8H;1-6H;3H2,1-2H3. The summed E-state index contributed by atoms with van der Waals surface area (Å²) in [5.41, 5.74) is 22.5. The summed E-state index contributed by atoms with van der Waals surface area (Å²) in [5, 5.41) is 7.86. The highest BCUT2D eigenvalue weighted by molar-refractivity contribution is 5.87. The lowest BCUT2D eigenvalue weighted by atomic mass is 9.68. The molecular weight excluding hydrogens is 1610 g/mol. The largest absolute Gasteiger partial charge is 0.0713 e. The van der Waals surface area contributed by atoms with Gasteiger partial charge in [-0.05, 0) is 133 Å². The van der Waals surface area contributed by atoms with Gasteiger partial charge in [-0.25, -0.2) is 0 Å². The molecule has 0 atom stereocenters. The molecule has 0 N–H and O–H groups in total. The topological polar surface area (TPSA) is 0 Å². The molecule has 1 aliphatic rings. The SMILES string of the molecule is CCC.c1ccc(-c2ccccc2)cc1.c1ccc(C(c2ccccc2)C(c2ccccc2)c2ccccc2)cc1.c1ccc(C(c2ccccc2)c2ccccc2)cc1.c1ccc(C2(c3ccccc3)c3ccccc3-c3ccccc32)cc1.c1ccc(Cc2ccccc2)cc1.c1ccc2ccccc2c1.c1ccc2ccccc2c1.c1ccc2ccccc2c1.c1ccccc1. The van der Waals surface area contributed by atoms with Gasteiger partial charge in [0.15, 0.2) is 0 Å². The van der Waals surface area contributed by atoms with Crippen molar-refractivity contribution in [2.45, 2.75) is 49.9 Å². The van der Waals surface area contributed by atoms with E-state index < -0.39 is 0 Å². The maximum absolute atomic E-state index is 2.29. The lowest BCUT2D eigenvalue weighted by Crippen LogP contribution is -2.28. The van der Waals surface area contributed by atoms with Crippen molar-refractivity contribution in [1.29, 1.82) is 0 Å². The molecule has 652 valence electrons. The third kappa shape index (κ3) is 26.9. The zero-order chi connectivity index (χ0) is 91.8. The number of fused-ring (bicyclic) bond motifs is 6. The average Bonchev–Trinajstić information content (AvgIpc) is 1.54. The molecular formula is C134H116. The molecule has 0 fully saturated rings. The van der Waals surface area contributed by atoms with Crippen LogP contribution in [0.5, 0.6) is 0 Å². The van der Waals surface area contributed by atoms with Crippen molar-refractivity contribution in [1.82, 2.24) is 0 Å². The Morgan fingerprint density at radius 1 is 0.157 bits per heavy atom. The number of hydrogen-bond donors (Lipinski definition) is 0. The first-order valence-electron chi connectivity index (χ1n) is 46.7. The number of hydrogen-bond acceptors (Lipinski definition) is 0. The number of rotatable bonds is 13. The average molecular weight is 1730 g/mol. The molecule has 0 heterocycles. The molecule has 22 aromatic rings. The van der Waals surface area contributed by atoms with Gasteiger partial charge in [-0.1, -0.05) is 645 Å². The third-order valence-corrected chi connectivity index (χ3v) is 23.4. The van der Waals surface area contributed by atoms with Crippen LogP contribution in [0.15, 0.2) is 625 Å². The van der Waals surface area contributed by atoms with Crippen LogP contribution in [0.25, 0.3) is 54.6 Å². The van der Waals surface area contributed by atoms with Crippen molar-refractivity contribution in [3.05, 3.63) is 697 Å². The van der Waals surface area contributed by atoms with E-state index in [0.717, 1.165) is 6.42 Å². The van der Waals surface area contributed by atoms with Crippen LogP contribution in [0.2, 0.25) is 0 Å². The highest BCUT2D eigenvalue weighted by atomic mass is 14.5. The molecule has 1 aliphatic carbocycles. The van der Waals surface area contributed by atoms with Crippen molar-refractivity contribution in [2.75, 3.05) is 0 Å². The summed E-state index contributed by atoms with van der Waals surface area (Å²) in [5.74, 6) is 0.841. The molecule has 0 saturated heterocycles. The van der Waals surface area contributed by atoms with Crippen LogP contribution in [0.4, 0.5) is 0 Å². The Balaban J connectivity index is 0.000000124. The van der Waals surface area contributed by atoms with Gasteiger partial charge in [-0.2, -0.15) is 0 Å². The van der Waals surface area contributed by atoms with Gasteiger partial charge in [-0.15, -0.1) is 0 Å². The van der Waals surface area contributed by atoms with Crippen molar-refractivity contribution < 1.29 is 0 Å². The maximum Gasteiger partial charge on any atom is 0.0713 e. The second kappa shape index (κ2) is 52.3. The van der Waals surface area contributed by atoms with Gasteiger partial charge >= 0.3 is 0 Å². The van der Waals surface area contributed by atoms with Crippen LogP contribution in [0.1, 0.15) is 110 Å². The smallest absolute Gasteiger partial charge is 0.0656 e. The first-order chi connectivity index (χ1) is 66.5. The van der Waals surface area contributed by atoms with Crippen LogP contribution in [-0.2, 0) is 11.8 Å². The van der Waals surface area contributed by atoms with Crippen LogP contribution < -0.4 is 0 Å². The minimum atomic E-state index is -0.254. The molecule has 134 heavy (non-hydrogen) atoms. The minimum absolute atomic E-state index is 0.254. The van der Waals surface area contributed by atoms with Gasteiger partial charge < -0.3 is 0 Å². The van der Waals surface area contributed by atoms with Crippen molar-refractivity contribution in [3.8, 4) is 22.3 Å². The molecule has 0 aliphatic heterocycles. The summed E-state index contributed by atoms with van der Waals surface area (Å²) < 4.78 is 0. The van der Waals surface area contributed by atoms with Gasteiger partial charge in [0.2, 0.25) is 0 Å². The van der Waals surface area contributed by atoms with E-state index in [4.69, 9.17) is 0 Å². The first kappa shape index (κ1) is 93.8. The van der Waals surface area contributed by atoms with E-state index in [9.17, 15) is 0 Å². The quantitative estimate of drug-likeness (QED) is 0.101. The summed E-state index contributed by atoms with van der Waals surface area (Å²) in [7, 11) is 0. The van der Waals surface area contributed by atoms with E-state index in [0.29, 0.717) is 5.92 Å². The lowest BCUT2D eigenvalue weighted by molar-refractivity contribution is 0.694. The Bertz CT molecular complexity index is 6130. The van der Waals surface area contributed by atoms with E-state index >= 15 is 0 Å². The molecule has 0 spiro atoms. The molecule has 0 radical (unpaired) electrons. The molecule has 0 bridgehead atoms. The Hall–Kier alpha value is -16.4. The van der Waals surface area contributed by atoms with Gasteiger partial charge in [0, 0.05) is 17.8 Å². The normalized spacial score (nSPS) is 10.8. The Labute approximate surface area is 795 Å². The predicted molar refractivity (Wildman–Crippen MR) is 575 cm³/mol. The molecule has 0 heteroatoms. The summed E-state index contributed by atoms with van der Waals surface area (Å²) in [6.45, 7) is 4.25. The van der Waals surface area contributed by atoms with Crippen LogP contribution in [-0.4, -0.2) is 0 Å². The van der Waals surface area contributed by atoms with E-state index in [1.807, 2.05) is 48.5 Å². The summed E-state index contributed by atoms with van der Waals surface area (Å²) in [6.07, 6.45) is 2.28. The summed E-state index contributed by atoms with van der Waals surface area (Å²) >= 11 is 0. The van der Waals surface area contributed by atoms with Crippen molar-refractivity contribution in [3.63, 3.8) is 0 Å². The fourth-order valence-corrected chi connectivity index (χ4v) is 17.2. The molecule has 0 nitrogen and oxygen atoms in total. The van der Waals surface area contributed by atoms with Crippen molar-refractivity contribution >= 4 is 32.3 Å². The van der Waals surface area contributed by atoms with Crippen LogP contribution in [0.3, 0.4) is 0 Å². The summed E-state index contributed by atoms with van der Waals surface area (Å²) in [4.78, 5) is 0. The second-order valence-corrected chi connectivity index (χ2v) is 32.6. The Kier molecular flexibility index (Phi) is 36.6. The fourth-order valence-electron chi connectivity index (χ4n) is 17.2. The third-order valence-electron chi connectivity index (χ3n) is 23.4. The zero-order valence-corrected chi connectivity index (χ0v) is 76.6. The molecule has 0 amide bonds. The second-order valence-electron chi connectivity index (χ2n) is 32.6. The van der Waals surface area contributed by atoms with Crippen LogP contribution >= 0.6 is 0 Å². The molecule has 0 saturated carbocycles. The Morgan fingerprint density at radius 3 is 0.530 bits per heavy atom. The van der Waals surface area contributed by atoms with E-state index in [-0.39, 0.29) is 17.3 Å². The van der Waals surface area contributed by atoms with Gasteiger partial charge in [0.1, 0.15) is 0 Å². The first-order valence-corrected chi connectivity index (χ1v) is 46.7. The van der Waals surface area contributed by atoms with E-state index in [2.05, 4.69) is 590 Å². The fraction of sp³-hybridized carbons (Fsp3) is 0.0597. The van der Waals surface area contributed by atoms with E-state index in [1.54, 1.807) is 0 Å². The van der Waals surface area contributed by atoms with E-state index in [1.165, 1.54) is 133 Å². The lowest BCUT2D eigenvalue weighted by Gasteiger charge is -2.33. The van der Waals surface area contributed by atoms with Gasteiger partial charge in [0.25, 0.3) is 0 Å². The molecule has 0 aromatic heterocycles. The predicted octanol–water partition coefficient (Wildman–Crippen LogP) is 35.8. The zero-order valence-electron chi connectivity index (χ0n) is 76.6. The maximum atomic E-state index is 2.29. The van der Waals surface area contributed by atoms with Crippen molar-refractivity contribution in [2.24, 2.45) is 0 Å². The van der Waals surface area contributed by atoms with Gasteiger partial charge in [-0.3, -0.25) is 0 Å². The van der Waals surface area contributed by atoms with Gasteiger partial charge in [0.05, 0.1) is 5.41 Å². The van der Waals surface area contributed by atoms with Crippen LogP contribution in [0, 0.1) is 0 Å². The molecule has 0 unspecified atom stereocenters. The molecule has 23 rings (SSSR count). The highest BCUT2D eigenvalue weighted by Gasteiger charge is 2.45. The highest BCUT2D eigenvalue weighted by Crippen LogP contribution is 2.56. The minimum Gasteiger partial charge on any atom is -0.0656 e.